The molecule has 2 nitrogen and oxygen atoms in total. The maximum atomic E-state index is 2.68. The maximum absolute atomic E-state index is 2.68. The molecule has 3 heteroatoms. The van der Waals surface area contributed by atoms with Gasteiger partial charge in [-0.25, -0.2) is 0 Å². The van der Waals surface area contributed by atoms with Crippen molar-refractivity contribution in [3.63, 3.8) is 0 Å². The Morgan fingerprint density at radius 3 is 3.00 bits per heavy atom. The van der Waals surface area contributed by atoms with Crippen molar-refractivity contribution in [1.82, 2.24) is 9.80 Å². The molecule has 0 N–H and O–H groups in total. The van der Waals surface area contributed by atoms with Crippen molar-refractivity contribution in [3.8, 4) is 0 Å². The molecule has 0 bridgehead atoms. The fourth-order valence-electron chi connectivity index (χ4n) is 3.31. The van der Waals surface area contributed by atoms with Crippen molar-refractivity contribution in [2.75, 3.05) is 39.5 Å². The summed E-state index contributed by atoms with van der Waals surface area (Å²) in [5, 5.41) is 0. The van der Waals surface area contributed by atoms with Crippen LogP contribution in [0.4, 0.5) is 0 Å². The first-order valence-electron chi connectivity index (χ1n) is 7.34. The lowest BCUT2D eigenvalue weighted by molar-refractivity contribution is 0.129. The fraction of sp³-hybridized carbons (Fsp3) is 0.625. The van der Waals surface area contributed by atoms with Crippen LogP contribution in [0, 0.1) is 0 Å². The summed E-state index contributed by atoms with van der Waals surface area (Å²) in [5.41, 5.74) is 1.58. The van der Waals surface area contributed by atoms with Gasteiger partial charge >= 0.3 is 0 Å². The topological polar surface area (TPSA) is 6.48 Å². The van der Waals surface area contributed by atoms with Crippen LogP contribution in [0.15, 0.2) is 29.2 Å². The van der Waals surface area contributed by atoms with Crippen molar-refractivity contribution in [2.45, 2.75) is 29.7 Å². The molecule has 104 valence electrons. The predicted octanol–water partition coefficient (Wildman–Crippen LogP) is 2.90. The molecule has 0 aliphatic carbocycles. The molecule has 1 aromatic rings. The average molecular weight is 276 g/mol. The number of fused-ring (bicyclic) bond motifs is 1. The molecule has 3 rings (SSSR count). The van der Waals surface area contributed by atoms with Crippen LogP contribution >= 0.6 is 11.8 Å². The lowest BCUT2D eigenvalue weighted by Crippen LogP contribution is -2.46. The van der Waals surface area contributed by atoms with Crippen LogP contribution in [0.3, 0.4) is 0 Å². The van der Waals surface area contributed by atoms with E-state index in [0.29, 0.717) is 0 Å². The van der Waals surface area contributed by atoms with Crippen LogP contribution in [-0.4, -0.2) is 55.3 Å². The smallest absolute Gasteiger partial charge is 0.0217 e. The summed E-state index contributed by atoms with van der Waals surface area (Å²) in [6.07, 6.45) is 2.71. The van der Waals surface area contributed by atoms with Gasteiger partial charge in [0, 0.05) is 35.7 Å². The van der Waals surface area contributed by atoms with Crippen LogP contribution < -0.4 is 0 Å². The van der Waals surface area contributed by atoms with Crippen LogP contribution in [0.25, 0.3) is 0 Å². The molecule has 0 spiro atoms. The van der Waals surface area contributed by atoms with Gasteiger partial charge in [0.25, 0.3) is 0 Å². The van der Waals surface area contributed by atoms with Gasteiger partial charge in [0.2, 0.25) is 0 Å². The minimum absolute atomic E-state index is 0.738. The molecule has 1 fully saturated rings. The normalized spacial score (nSPS) is 27.7. The Labute approximate surface area is 121 Å². The second kappa shape index (κ2) is 5.86. The van der Waals surface area contributed by atoms with E-state index in [-0.39, 0.29) is 0 Å². The Kier molecular flexibility index (Phi) is 4.15. The average Bonchev–Trinajstić information content (AvgIpc) is 2.83. The molecule has 2 aliphatic rings. The number of hydrogen-bond donors (Lipinski definition) is 0. The number of nitrogens with zero attached hydrogens (tertiary/aromatic N) is 2. The number of thioether (sulfide) groups is 1. The monoisotopic (exact) mass is 276 g/mol. The summed E-state index contributed by atoms with van der Waals surface area (Å²) < 4.78 is 0. The minimum atomic E-state index is 0.738. The summed E-state index contributed by atoms with van der Waals surface area (Å²) in [7, 11) is 4.43. The lowest BCUT2D eigenvalue weighted by Gasteiger charge is -2.37. The molecule has 2 unspecified atom stereocenters. The molecule has 1 aromatic carbocycles. The minimum Gasteiger partial charge on any atom is -0.305 e. The van der Waals surface area contributed by atoms with Gasteiger partial charge in [0.1, 0.15) is 0 Å². The van der Waals surface area contributed by atoms with E-state index in [2.05, 4.69) is 48.2 Å². The SMILES string of the molecule is CN(C)C1CCCN(CC2CSc3ccccc32)C1. The van der Waals surface area contributed by atoms with Gasteiger partial charge in [-0.05, 0) is 45.1 Å². The first-order chi connectivity index (χ1) is 9.24. The van der Waals surface area contributed by atoms with Crippen LogP contribution in [0.1, 0.15) is 24.3 Å². The number of likely N-dealkylation sites (N-methyl/N-ethyl adjacent to an activating group) is 1. The van der Waals surface area contributed by atoms with Crippen LogP contribution in [0.5, 0.6) is 0 Å². The number of benzene rings is 1. The van der Waals surface area contributed by atoms with Crippen LogP contribution in [0.2, 0.25) is 0 Å². The molecule has 2 atom stereocenters. The Balaban J connectivity index is 1.63. The van der Waals surface area contributed by atoms with Crippen molar-refractivity contribution in [2.24, 2.45) is 0 Å². The second-order valence-corrected chi connectivity index (χ2v) is 7.13. The standard InChI is InChI=1S/C16H24N2S/c1-17(2)14-6-5-9-18(11-14)10-13-12-19-16-8-4-3-7-15(13)16/h3-4,7-8,13-14H,5-6,9-12H2,1-2H3. The summed E-state index contributed by atoms with van der Waals surface area (Å²) in [4.78, 5) is 6.58. The van der Waals surface area contributed by atoms with E-state index in [4.69, 9.17) is 0 Å². The van der Waals surface area contributed by atoms with Gasteiger partial charge in [-0.2, -0.15) is 0 Å². The van der Waals surface area contributed by atoms with E-state index in [1.54, 1.807) is 5.56 Å². The summed E-state index contributed by atoms with van der Waals surface area (Å²) >= 11 is 2.03. The van der Waals surface area contributed by atoms with E-state index in [0.717, 1.165) is 12.0 Å². The number of hydrogen-bond acceptors (Lipinski definition) is 3. The molecule has 0 saturated carbocycles. The molecule has 2 aliphatic heterocycles. The maximum Gasteiger partial charge on any atom is 0.0217 e. The third kappa shape index (κ3) is 2.99. The lowest BCUT2D eigenvalue weighted by atomic mass is 9.98. The third-order valence-corrected chi connectivity index (χ3v) is 5.74. The summed E-state index contributed by atoms with van der Waals surface area (Å²) in [5.74, 6) is 2.00. The van der Waals surface area contributed by atoms with Gasteiger partial charge in [-0.3, -0.25) is 0 Å². The zero-order valence-corrected chi connectivity index (χ0v) is 12.8. The van der Waals surface area contributed by atoms with Crippen LogP contribution in [-0.2, 0) is 0 Å². The highest BCUT2D eigenvalue weighted by Gasteiger charge is 2.27. The zero-order valence-electron chi connectivity index (χ0n) is 12.0. The number of piperidine rings is 1. The summed E-state index contributed by atoms with van der Waals surface area (Å²) in [6, 6.07) is 9.71. The van der Waals surface area contributed by atoms with Crippen molar-refractivity contribution >= 4 is 11.8 Å². The second-order valence-electron chi connectivity index (χ2n) is 6.06. The highest BCUT2D eigenvalue weighted by Crippen LogP contribution is 2.39. The van der Waals surface area contributed by atoms with Gasteiger partial charge in [-0.1, -0.05) is 18.2 Å². The highest BCUT2D eigenvalue weighted by atomic mass is 32.2. The van der Waals surface area contributed by atoms with E-state index < -0.39 is 0 Å². The Hall–Kier alpha value is -0.510. The third-order valence-electron chi connectivity index (χ3n) is 4.49. The van der Waals surface area contributed by atoms with E-state index in [9.17, 15) is 0 Å². The number of likely N-dealkylation sites (tertiary alicyclic amines) is 1. The Morgan fingerprint density at radius 1 is 1.32 bits per heavy atom. The molecule has 0 aromatic heterocycles. The van der Waals surface area contributed by atoms with E-state index in [1.807, 2.05) is 11.8 Å². The van der Waals surface area contributed by atoms with E-state index >= 15 is 0 Å². The summed E-state index contributed by atoms with van der Waals surface area (Å²) in [6.45, 7) is 3.78. The Bertz CT molecular complexity index is 433. The zero-order chi connectivity index (χ0) is 13.2. The van der Waals surface area contributed by atoms with Crippen molar-refractivity contribution in [1.29, 1.82) is 0 Å². The van der Waals surface area contributed by atoms with Crippen molar-refractivity contribution in [3.05, 3.63) is 29.8 Å². The van der Waals surface area contributed by atoms with Gasteiger partial charge in [0.15, 0.2) is 0 Å². The van der Waals surface area contributed by atoms with E-state index in [1.165, 1.54) is 43.1 Å². The largest absolute Gasteiger partial charge is 0.305 e. The molecular weight excluding hydrogens is 252 g/mol. The van der Waals surface area contributed by atoms with Gasteiger partial charge in [0.05, 0.1) is 0 Å². The van der Waals surface area contributed by atoms with Gasteiger partial charge < -0.3 is 9.80 Å². The first kappa shape index (κ1) is 13.5. The molecule has 1 saturated heterocycles. The highest BCUT2D eigenvalue weighted by molar-refractivity contribution is 7.99. The molecule has 2 heterocycles. The predicted molar refractivity (Wildman–Crippen MR) is 83.1 cm³/mol. The Morgan fingerprint density at radius 2 is 2.16 bits per heavy atom. The molecule has 19 heavy (non-hydrogen) atoms. The molecule has 0 radical (unpaired) electrons. The first-order valence-corrected chi connectivity index (χ1v) is 8.33. The molecule has 0 amide bonds. The number of rotatable bonds is 3. The van der Waals surface area contributed by atoms with Crippen molar-refractivity contribution < 1.29 is 0 Å². The molecular formula is C16H24N2S. The van der Waals surface area contributed by atoms with Gasteiger partial charge in [-0.15, -0.1) is 11.8 Å². The fourth-order valence-corrected chi connectivity index (χ4v) is 4.55. The quantitative estimate of drug-likeness (QED) is 0.838.